The molecule has 0 spiro atoms. The van der Waals surface area contributed by atoms with E-state index in [0.717, 1.165) is 0 Å². The van der Waals surface area contributed by atoms with Crippen molar-refractivity contribution >= 4 is 35.0 Å². The molecule has 0 aromatic heterocycles. The fourth-order valence-corrected chi connectivity index (χ4v) is 0.852. The van der Waals surface area contributed by atoms with E-state index >= 15 is 0 Å². The topological polar surface area (TPSA) is 82.1 Å². The van der Waals surface area contributed by atoms with Crippen LogP contribution in [-0.4, -0.2) is 66.2 Å². The number of carbonyl (C=O) groups is 2. The molecule has 7 heteroatoms. The Morgan fingerprint density at radius 3 is 2.06 bits per heavy atom. The number of hydrogen-bond donors (Lipinski definition) is 1. The van der Waals surface area contributed by atoms with Gasteiger partial charge in [0, 0.05) is 13.2 Å². The molecule has 0 aromatic rings. The van der Waals surface area contributed by atoms with Gasteiger partial charge in [0.05, 0.1) is 0 Å². The minimum atomic E-state index is -1.22. The molecule has 0 saturated carbocycles. The second kappa shape index (κ2) is 11.1. The third kappa shape index (κ3) is 10.2. The second-order valence-electron chi connectivity index (χ2n) is 2.59. The van der Waals surface area contributed by atoms with Crippen LogP contribution in [0.3, 0.4) is 0 Å². The first kappa shape index (κ1) is 18.0. The van der Waals surface area contributed by atoms with E-state index in [0.29, 0.717) is 13.2 Å². The molecule has 16 heavy (non-hydrogen) atoms. The molecule has 0 aliphatic carbocycles. The lowest BCUT2D eigenvalue weighted by Gasteiger charge is -2.16. The molecule has 0 aromatic carbocycles. The van der Waals surface area contributed by atoms with Gasteiger partial charge in [0.15, 0.2) is 6.29 Å². The highest BCUT2D eigenvalue weighted by Crippen LogP contribution is 1.97. The van der Waals surface area contributed by atoms with E-state index in [-0.39, 0.29) is 29.7 Å². The number of ether oxygens (including phenoxy) is 3. The number of rotatable bonds is 8. The smallest absolute Gasteiger partial charge is 0.317 e. The van der Waals surface area contributed by atoms with E-state index in [1.54, 1.807) is 13.8 Å². The molecular weight excluding hydrogens is 228 g/mol. The highest BCUT2D eigenvalue weighted by molar-refractivity contribution is 5.90. The summed E-state index contributed by atoms with van der Waals surface area (Å²) in [5.41, 5.74) is 0. The zero-order valence-electron chi connectivity index (χ0n) is 8.89. The van der Waals surface area contributed by atoms with Gasteiger partial charge in [-0.15, -0.1) is 0 Å². The summed E-state index contributed by atoms with van der Waals surface area (Å²) >= 11 is 0. The number of esters is 1. The van der Waals surface area contributed by atoms with Gasteiger partial charge in [-0.2, -0.15) is 0 Å². The van der Waals surface area contributed by atoms with Gasteiger partial charge in [0.1, 0.15) is 13.0 Å². The summed E-state index contributed by atoms with van der Waals surface area (Å²) in [5, 5.41) is 8.29. The number of carboxylic acid groups (broad SMARTS) is 1. The third-order valence-electron chi connectivity index (χ3n) is 1.38. The van der Waals surface area contributed by atoms with Gasteiger partial charge in [-0.25, -0.2) is 0 Å². The molecule has 0 saturated heterocycles. The lowest BCUT2D eigenvalue weighted by molar-refractivity contribution is -0.180. The molecule has 0 rings (SSSR count). The Hall–Kier alpha value is -0.374. The van der Waals surface area contributed by atoms with E-state index in [9.17, 15) is 9.59 Å². The average molecular weight is 247 g/mol. The summed E-state index contributed by atoms with van der Waals surface area (Å²) in [6.45, 7) is 4.34. The van der Waals surface area contributed by atoms with Crippen molar-refractivity contribution in [2.75, 3.05) is 19.8 Å². The number of hydrogen-bond acceptors (Lipinski definition) is 5. The van der Waals surface area contributed by atoms with Crippen molar-refractivity contribution in [2.45, 2.75) is 26.6 Å². The van der Waals surface area contributed by atoms with Crippen LogP contribution in [0, 0.1) is 0 Å². The van der Waals surface area contributed by atoms with Gasteiger partial charge in [-0.1, -0.05) is 0 Å². The van der Waals surface area contributed by atoms with Crippen LogP contribution in [0.15, 0.2) is 0 Å². The van der Waals surface area contributed by atoms with Crippen LogP contribution >= 0.6 is 0 Å². The van der Waals surface area contributed by atoms with Crippen LogP contribution in [0.4, 0.5) is 0 Å². The van der Waals surface area contributed by atoms with Crippen molar-refractivity contribution in [1.29, 1.82) is 0 Å². The van der Waals surface area contributed by atoms with Crippen molar-refractivity contribution in [3.8, 4) is 0 Å². The van der Waals surface area contributed by atoms with Gasteiger partial charge in [0.25, 0.3) is 0 Å². The molecule has 0 bridgehead atoms. The molecular formula is C9H18MgO6. The maximum atomic E-state index is 10.9. The minimum Gasteiger partial charge on any atom is -0.481 e. The van der Waals surface area contributed by atoms with Crippen LogP contribution in [0.5, 0.6) is 0 Å². The van der Waals surface area contributed by atoms with Crippen molar-refractivity contribution in [1.82, 2.24) is 0 Å². The molecule has 92 valence electrons. The molecule has 0 radical (unpaired) electrons. The quantitative estimate of drug-likeness (QED) is 0.269. The van der Waals surface area contributed by atoms with Crippen molar-refractivity contribution in [3.63, 3.8) is 0 Å². The van der Waals surface area contributed by atoms with Crippen LogP contribution in [-0.2, 0) is 23.8 Å². The van der Waals surface area contributed by atoms with E-state index < -0.39 is 24.6 Å². The molecule has 1 N–H and O–H groups in total. The average Bonchev–Trinajstić information content (AvgIpc) is 2.14. The largest absolute Gasteiger partial charge is 0.481 e. The Bertz CT molecular complexity index is 202. The van der Waals surface area contributed by atoms with Gasteiger partial charge in [0.2, 0.25) is 0 Å². The minimum absolute atomic E-state index is 0. The second-order valence-corrected chi connectivity index (χ2v) is 2.59. The molecule has 0 amide bonds. The van der Waals surface area contributed by atoms with Crippen LogP contribution in [0.2, 0.25) is 0 Å². The monoisotopic (exact) mass is 246 g/mol. The Labute approximate surface area is 110 Å². The highest BCUT2D eigenvalue weighted by atomic mass is 24.3. The predicted octanol–water partition coefficient (Wildman–Crippen LogP) is -0.513. The first-order chi connectivity index (χ1) is 7.10. The lowest BCUT2D eigenvalue weighted by atomic mass is 10.4. The number of aliphatic carboxylic acids is 1. The summed E-state index contributed by atoms with van der Waals surface area (Å²) in [6, 6.07) is 0. The molecule has 0 fully saturated rings. The number of carbonyl (C=O) groups excluding carboxylic acids is 1. The van der Waals surface area contributed by atoms with Gasteiger partial charge in [-0.05, 0) is 13.8 Å². The Morgan fingerprint density at radius 2 is 1.69 bits per heavy atom. The standard InChI is InChI=1S/C9H16O6.Mg.2H/c1-3-13-9(14-4-2)6-15-8(12)5-7(10)11;;;/h9H,3-6H2,1-2H3,(H,10,11);;;. The Balaban J connectivity index is 0. The first-order valence-electron chi connectivity index (χ1n) is 4.70. The SMILES string of the molecule is CCOC(COC(=O)CC(=O)O)OCC.[MgH2]. The maximum absolute atomic E-state index is 10.9. The lowest BCUT2D eigenvalue weighted by Crippen LogP contribution is -2.26. The predicted molar refractivity (Wildman–Crippen MR) is 58.8 cm³/mol. The van der Waals surface area contributed by atoms with Crippen LogP contribution < -0.4 is 0 Å². The maximum Gasteiger partial charge on any atom is 0.317 e. The number of carboxylic acids is 1. The Kier molecular flexibility index (Phi) is 12.5. The molecule has 0 atom stereocenters. The molecule has 0 unspecified atom stereocenters. The fraction of sp³-hybridized carbons (Fsp3) is 0.778. The van der Waals surface area contributed by atoms with Crippen LogP contribution in [0.1, 0.15) is 20.3 Å². The van der Waals surface area contributed by atoms with Gasteiger partial charge < -0.3 is 19.3 Å². The summed E-state index contributed by atoms with van der Waals surface area (Å²) in [4.78, 5) is 21.0. The van der Waals surface area contributed by atoms with Gasteiger partial charge >= 0.3 is 35.0 Å². The highest BCUT2D eigenvalue weighted by Gasteiger charge is 2.13. The van der Waals surface area contributed by atoms with Crippen LogP contribution in [0.25, 0.3) is 0 Å². The zero-order valence-corrected chi connectivity index (χ0v) is 8.89. The zero-order chi connectivity index (χ0) is 11.7. The molecule has 0 aliphatic rings. The van der Waals surface area contributed by atoms with E-state index in [2.05, 4.69) is 4.74 Å². The van der Waals surface area contributed by atoms with E-state index in [4.69, 9.17) is 14.6 Å². The Morgan fingerprint density at radius 1 is 1.19 bits per heavy atom. The summed E-state index contributed by atoms with van der Waals surface area (Å²) in [7, 11) is 0. The van der Waals surface area contributed by atoms with Crippen molar-refractivity contribution in [2.24, 2.45) is 0 Å². The molecule has 0 aliphatic heterocycles. The summed E-state index contributed by atoms with van der Waals surface area (Å²) in [5.74, 6) is -2.02. The fourth-order valence-electron chi connectivity index (χ4n) is 0.852. The van der Waals surface area contributed by atoms with Gasteiger partial charge in [-0.3, -0.25) is 9.59 Å². The summed E-state index contributed by atoms with van der Waals surface area (Å²) in [6.07, 6.45) is -1.27. The van der Waals surface area contributed by atoms with E-state index in [1.165, 1.54) is 0 Å². The molecule has 0 heterocycles. The normalized spacial score (nSPS) is 9.69. The van der Waals surface area contributed by atoms with Crippen molar-refractivity contribution in [3.05, 3.63) is 0 Å². The molecule has 6 nitrogen and oxygen atoms in total. The third-order valence-corrected chi connectivity index (χ3v) is 1.38. The van der Waals surface area contributed by atoms with Crippen molar-refractivity contribution < 1.29 is 28.9 Å². The van der Waals surface area contributed by atoms with E-state index in [1.807, 2.05) is 0 Å². The first-order valence-corrected chi connectivity index (χ1v) is 4.70. The summed E-state index contributed by atoms with van der Waals surface area (Å²) < 4.78 is 14.8.